The van der Waals surface area contributed by atoms with Gasteiger partial charge in [-0.1, -0.05) is 206 Å². The summed E-state index contributed by atoms with van der Waals surface area (Å²) in [4.78, 5) is 15.3. The van der Waals surface area contributed by atoms with E-state index in [1.165, 1.54) is 21.9 Å². The molecule has 6 heteroatoms. The van der Waals surface area contributed by atoms with Crippen LogP contribution in [0.1, 0.15) is 0 Å². The van der Waals surface area contributed by atoms with E-state index in [1.54, 1.807) is 0 Å². The number of para-hydroxylation sites is 4. The number of nitrogens with zero attached hydrogens (tertiary/aromatic N) is 4. The molecule has 75 heavy (non-hydrogen) atoms. The van der Waals surface area contributed by atoms with Crippen molar-refractivity contribution in [1.29, 1.82) is 0 Å². The van der Waals surface area contributed by atoms with E-state index < -0.39 is 0 Å². The van der Waals surface area contributed by atoms with Crippen molar-refractivity contribution in [2.24, 2.45) is 0 Å². The first kappa shape index (κ1) is 42.5. The standard InChI is InChI=1S/C69H42N4O2/c1-4-17-43(18-5-1)45-33-35-47(36-34-45)68-70-67(46-21-8-3-9-22-46)71-69(72-68)57-30-16-29-56-55-28-15-27-52(64(55)75-65(56)57)50-24-14-23-48(39-50)51-41-59-54-26-11-13-32-63(54)74-66(59)62(42-51)73-60-31-12-10-25-53(60)58-40-49(37-38-61(58)73)44-19-6-2-7-20-44/h1-42H. The molecule has 0 spiro atoms. The molecule has 0 unspecified atom stereocenters. The SMILES string of the molecule is c1ccc(-c2ccc(-c3nc(-c4ccccc4)nc(-c4cccc5c4oc4c(-c6cccc(-c7cc(-n8c9ccccc9c9cc(-c%10ccccc%10)ccc98)c8oc9ccccc9c8c7)c6)cccc45)n3)cc2)cc1. The summed E-state index contributed by atoms with van der Waals surface area (Å²) in [6.07, 6.45) is 0. The minimum atomic E-state index is 0.539. The van der Waals surface area contributed by atoms with Crippen molar-refractivity contribution in [2.75, 3.05) is 0 Å². The largest absolute Gasteiger partial charge is 0.455 e. The van der Waals surface area contributed by atoms with Gasteiger partial charge in [-0.15, -0.1) is 0 Å². The third kappa shape index (κ3) is 7.14. The summed E-state index contributed by atoms with van der Waals surface area (Å²) in [6, 6.07) is 89.3. The molecule has 350 valence electrons. The van der Waals surface area contributed by atoms with Crippen LogP contribution in [0.4, 0.5) is 0 Å². The number of fused-ring (bicyclic) bond motifs is 9. The molecule has 0 aliphatic carbocycles. The van der Waals surface area contributed by atoms with Crippen LogP contribution >= 0.6 is 0 Å². The summed E-state index contributed by atoms with van der Waals surface area (Å²) in [7, 11) is 0. The Kier molecular flexibility index (Phi) is 9.78. The molecule has 0 N–H and O–H groups in total. The lowest BCUT2D eigenvalue weighted by atomic mass is 9.96. The second-order valence-electron chi connectivity index (χ2n) is 19.1. The number of hydrogen-bond acceptors (Lipinski definition) is 5. The Morgan fingerprint density at radius 1 is 0.253 bits per heavy atom. The van der Waals surface area contributed by atoms with Gasteiger partial charge in [0, 0.05) is 49.0 Å². The van der Waals surface area contributed by atoms with E-state index in [9.17, 15) is 0 Å². The van der Waals surface area contributed by atoms with Gasteiger partial charge in [0.05, 0.1) is 22.3 Å². The maximum absolute atomic E-state index is 7.09. The molecule has 15 rings (SSSR count). The normalized spacial score (nSPS) is 11.7. The highest BCUT2D eigenvalue weighted by Crippen LogP contribution is 2.44. The highest BCUT2D eigenvalue weighted by atomic mass is 16.3. The average Bonchev–Trinajstić information content (AvgIpc) is 4.23. The number of hydrogen-bond donors (Lipinski definition) is 0. The van der Waals surface area contributed by atoms with Crippen LogP contribution in [0.25, 0.3) is 150 Å². The lowest BCUT2D eigenvalue weighted by Gasteiger charge is -2.13. The highest BCUT2D eigenvalue weighted by molar-refractivity contribution is 6.15. The number of furan rings is 2. The molecule has 6 nitrogen and oxygen atoms in total. The first-order chi connectivity index (χ1) is 37.2. The van der Waals surface area contributed by atoms with Gasteiger partial charge >= 0.3 is 0 Å². The van der Waals surface area contributed by atoms with Crippen LogP contribution in [0.5, 0.6) is 0 Å². The molecule has 11 aromatic carbocycles. The van der Waals surface area contributed by atoms with Crippen molar-refractivity contribution < 1.29 is 8.83 Å². The Hall–Kier alpha value is -10.2. The highest BCUT2D eigenvalue weighted by Gasteiger charge is 2.23. The summed E-state index contributed by atoms with van der Waals surface area (Å²) in [5.41, 5.74) is 17.8. The van der Waals surface area contributed by atoms with Crippen LogP contribution in [0.3, 0.4) is 0 Å². The fourth-order valence-electron chi connectivity index (χ4n) is 11.1. The molecule has 4 aromatic heterocycles. The van der Waals surface area contributed by atoms with Crippen LogP contribution < -0.4 is 0 Å². The monoisotopic (exact) mass is 958 g/mol. The molecule has 0 radical (unpaired) electrons. The summed E-state index contributed by atoms with van der Waals surface area (Å²) in [5.74, 6) is 1.72. The van der Waals surface area contributed by atoms with Gasteiger partial charge in [0.2, 0.25) is 0 Å². The molecule has 0 aliphatic heterocycles. The third-order valence-corrected chi connectivity index (χ3v) is 14.7. The molecular weight excluding hydrogens is 917 g/mol. The maximum Gasteiger partial charge on any atom is 0.167 e. The predicted molar refractivity (Wildman–Crippen MR) is 307 cm³/mol. The van der Waals surface area contributed by atoms with E-state index in [0.717, 1.165) is 111 Å². The summed E-state index contributed by atoms with van der Waals surface area (Å²) < 4.78 is 16.3. The molecular formula is C69H42N4O2. The zero-order valence-electron chi connectivity index (χ0n) is 40.4. The summed E-state index contributed by atoms with van der Waals surface area (Å²) in [6.45, 7) is 0. The smallest absolute Gasteiger partial charge is 0.167 e. The summed E-state index contributed by atoms with van der Waals surface area (Å²) in [5, 5.41) is 6.50. The molecule has 15 aromatic rings. The van der Waals surface area contributed by atoms with Crippen molar-refractivity contribution in [3.05, 3.63) is 255 Å². The predicted octanol–water partition coefficient (Wildman–Crippen LogP) is 18.4. The Labute approximate surface area is 431 Å². The van der Waals surface area contributed by atoms with Crippen LogP contribution in [0, 0.1) is 0 Å². The Morgan fingerprint density at radius 3 is 1.48 bits per heavy atom. The fourth-order valence-corrected chi connectivity index (χ4v) is 11.1. The first-order valence-electron chi connectivity index (χ1n) is 25.2. The van der Waals surface area contributed by atoms with E-state index in [0.29, 0.717) is 17.5 Å². The lowest BCUT2D eigenvalue weighted by Crippen LogP contribution is -2.00. The third-order valence-electron chi connectivity index (χ3n) is 14.7. The average molecular weight is 959 g/mol. The maximum atomic E-state index is 7.09. The number of benzene rings is 11. The summed E-state index contributed by atoms with van der Waals surface area (Å²) >= 11 is 0. The number of aromatic nitrogens is 4. The van der Waals surface area contributed by atoms with Crippen molar-refractivity contribution in [3.8, 4) is 84.4 Å². The van der Waals surface area contributed by atoms with Gasteiger partial charge in [0.15, 0.2) is 23.1 Å². The molecule has 0 aliphatic rings. The van der Waals surface area contributed by atoms with E-state index in [-0.39, 0.29) is 0 Å². The minimum Gasteiger partial charge on any atom is -0.455 e. The van der Waals surface area contributed by atoms with Crippen LogP contribution in [0.2, 0.25) is 0 Å². The second-order valence-corrected chi connectivity index (χ2v) is 19.1. The minimum absolute atomic E-state index is 0.539. The van der Waals surface area contributed by atoms with Gasteiger partial charge < -0.3 is 13.4 Å². The van der Waals surface area contributed by atoms with Gasteiger partial charge in [-0.25, -0.2) is 15.0 Å². The fraction of sp³-hybridized carbons (Fsp3) is 0. The first-order valence-corrected chi connectivity index (χ1v) is 25.2. The molecule has 0 saturated heterocycles. The van der Waals surface area contributed by atoms with Crippen LogP contribution in [0.15, 0.2) is 264 Å². The van der Waals surface area contributed by atoms with Gasteiger partial charge in [-0.3, -0.25) is 0 Å². The molecule has 0 atom stereocenters. The quantitative estimate of drug-likeness (QED) is 0.152. The van der Waals surface area contributed by atoms with E-state index in [2.05, 4.69) is 211 Å². The van der Waals surface area contributed by atoms with E-state index in [4.69, 9.17) is 23.8 Å². The van der Waals surface area contributed by atoms with Crippen LogP contribution in [-0.4, -0.2) is 19.5 Å². The van der Waals surface area contributed by atoms with Crippen molar-refractivity contribution in [1.82, 2.24) is 19.5 Å². The Bertz CT molecular complexity index is 4690. The van der Waals surface area contributed by atoms with E-state index >= 15 is 0 Å². The van der Waals surface area contributed by atoms with Crippen molar-refractivity contribution >= 4 is 65.7 Å². The molecule has 0 fully saturated rings. The van der Waals surface area contributed by atoms with Gasteiger partial charge in [-0.05, 0) is 87.5 Å². The number of rotatable bonds is 8. The Balaban J connectivity index is 0.872. The topological polar surface area (TPSA) is 69.9 Å². The molecule has 0 amide bonds. The van der Waals surface area contributed by atoms with Gasteiger partial charge in [0.25, 0.3) is 0 Å². The van der Waals surface area contributed by atoms with E-state index in [1.807, 2.05) is 48.5 Å². The molecule has 0 bridgehead atoms. The second kappa shape index (κ2) is 17.3. The zero-order chi connectivity index (χ0) is 49.4. The van der Waals surface area contributed by atoms with Gasteiger partial charge in [-0.2, -0.15) is 0 Å². The lowest BCUT2D eigenvalue weighted by molar-refractivity contribution is 0.666. The van der Waals surface area contributed by atoms with Crippen LogP contribution in [-0.2, 0) is 0 Å². The van der Waals surface area contributed by atoms with Crippen molar-refractivity contribution in [3.63, 3.8) is 0 Å². The zero-order valence-corrected chi connectivity index (χ0v) is 40.4. The van der Waals surface area contributed by atoms with Crippen molar-refractivity contribution in [2.45, 2.75) is 0 Å². The Morgan fingerprint density at radius 2 is 0.733 bits per heavy atom. The molecule has 0 saturated carbocycles. The molecule has 4 heterocycles. The van der Waals surface area contributed by atoms with Gasteiger partial charge in [0.1, 0.15) is 16.7 Å².